The van der Waals surface area contributed by atoms with Gasteiger partial charge < -0.3 is 15.2 Å². The van der Waals surface area contributed by atoms with Gasteiger partial charge in [0.15, 0.2) is 0 Å². The molecule has 43 heavy (non-hydrogen) atoms. The van der Waals surface area contributed by atoms with E-state index in [2.05, 4.69) is 47.0 Å². The van der Waals surface area contributed by atoms with E-state index in [-0.39, 0.29) is 12.5 Å². The molecule has 0 saturated heterocycles. The Hall–Kier alpha value is -4.35. The average Bonchev–Trinajstić information content (AvgIpc) is 3.36. The highest BCUT2D eigenvalue weighted by Gasteiger charge is 2.44. The smallest absolute Gasteiger partial charge is 0.237 e. The molecule has 1 amide bonds. The molecule has 1 aromatic heterocycles. The number of carbonyl (C=O) groups excluding carboxylic acids is 1. The molecule has 0 unspecified atom stereocenters. The highest BCUT2D eigenvalue weighted by atomic mass is 35.5. The molecular weight excluding hydrogens is 573 g/mol. The van der Waals surface area contributed by atoms with Crippen LogP contribution in [0.3, 0.4) is 0 Å². The van der Waals surface area contributed by atoms with Crippen molar-refractivity contribution in [1.29, 1.82) is 0 Å². The Morgan fingerprint density at radius 1 is 0.674 bits per heavy atom. The van der Waals surface area contributed by atoms with Crippen LogP contribution in [0.1, 0.15) is 22.4 Å². The van der Waals surface area contributed by atoms with E-state index >= 15 is 0 Å². The number of halogens is 2. The third kappa shape index (κ3) is 6.37. The van der Waals surface area contributed by atoms with Crippen LogP contribution in [-0.4, -0.2) is 21.9 Å². The molecular formula is C37H33Cl2N3O. The number of nitrogens with two attached hydrogens (primary N) is 1. The fourth-order valence-corrected chi connectivity index (χ4v) is 5.94. The van der Waals surface area contributed by atoms with E-state index < -0.39 is 5.54 Å². The number of benzene rings is 5. The van der Waals surface area contributed by atoms with Crippen molar-refractivity contribution in [3.05, 3.63) is 178 Å². The Labute approximate surface area is 262 Å². The molecule has 6 aromatic rings. The average molecular weight is 607 g/mol. The summed E-state index contributed by atoms with van der Waals surface area (Å²) in [7, 11) is 2.02. The first kappa shape index (κ1) is 30.1. The van der Waals surface area contributed by atoms with Crippen LogP contribution in [0, 0.1) is 0 Å². The normalized spacial score (nSPS) is 11.1. The molecule has 216 valence electrons. The van der Waals surface area contributed by atoms with Crippen molar-refractivity contribution in [2.45, 2.75) is 12.1 Å². The van der Waals surface area contributed by atoms with Crippen LogP contribution in [0.4, 0.5) is 0 Å². The number of rotatable bonds is 7. The summed E-state index contributed by atoms with van der Waals surface area (Å²) in [5.74, 6) is -0.144. The SMILES string of the molecule is Clc1ccccc1.Cn1c(CN(C(=O)CN)C(c2ccccc2)(c2ccccc2)c2ccccc2)cc2cc(Cl)ccc21. The van der Waals surface area contributed by atoms with Gasteiger partial charge in [-0.05, 0) is 53.1 Å². The standard InChI is InChI=1S/C31H28ClN3O.C6H5Cl/c1-34-28(20-23-19-27(32)17-18-29(23)34)22-35(30(36)21-33)31(24-11-5-2-6-12-24,25-13-7-3-8-14-25)26-15-9-4-10-16-26;7-6-4-2-1-3-5-6/h2-20H,21-22,33H2,1H3;1-5H. The number of hydrogen-bond acceptors (Lipinski definition) is 2. The van der Waals surface area contributed by atoms with Crippen LogP contribution >= 0.6 is 23.2 Å². The highest BCUT2D eigenvalue weighted by Crippen LogP contribution is 2.43. The van der Waals surface area contributed by atoms with Crippen LogP contribution in [-0.2, 0) is 23.9 Å². The second kappa shape index (κ2) is 13.7. The van der Waals surface area contributed by atoms with Crippen molar-refractivity contribution in [2.24, 2.45) is 12.8 Å². The molecule has 6 rings (SSSR count). The van der Waals surface area contributed by atoms with Crippen LogP contribution in [0.15, 0.2) is 146 Å². The topological polar surface area (TPSA) is 51.3 Å². The molecule has 2 N–H and O–H groups in total. The molecule has 0 spiro atoms. The van der Waals surface area contributed by atoms with E-state index in [1.807, 2.05) is 115 Å². The Morgan fingerprint density at radius 3 is 1.56 bits per heavy atom. The second-order valence-electron chi connectivity index (χ2n) is 10.2. The predicted octanol–water partition coefficient (Wildman–Crippen LogP) is 8.45. The van der Waals surface area contributed by atoms with E-state index in [0.29, 0.717) is 11.6 Å². The van der Waals surface area contributed by atoms with Crippen molar-refractivity contribution in [3.63, 3.8) is 0 Å². The number of nitrogens with zero attached hydrogens (tertiary/aromatic N) is 2. The van der Waals surface area contributed by atoms with Gasteiger partial charge >= 0.3 is 0 Å². The molecule has 0 fully saturated rings. The summed E-state index contributed by atoms with van der Waals surface area (Å²) < 4.78 is 2.12. The van der Waals surface area contributed by atoms with Crippen LogP contribution in [0.2, 0.25) is 10.0 Å². The summed E-state index contributed by atoms with van der Waals surface area (Å²) in [4.78, 5) is 15.8. The zero-order chi connectivity index (χ0) is 30.2. The van der Waals surface area contributed by atoms with Crippen LogP contribution < -0.4 is 5.73 Å². The molecule has 0 saturated carbocycles. The molecule has 0 aliphatic rings. The molecule has 0 radical (unpaired) electrons. The zero-order valence-electron chi connectivity index (χ0n) is 23.9. The van der Waals surface area contributed by atoms with Crippen LogP contribution in [0.25, 0.3) is 10.9 Å². The fraction of sp³-hybridized carbons (Fsp3) is 0.108. The lowest BCUT2D eigenvalue weighted by molar-refractivity contribution is -0.134. The monoisotopic (exact) mass is 605 g/mol. The van der Waals surface area contributed by atoms with E-state index in [1.54, 1.807) is 0 Å². The van der Waals surface area contributed by atoms with Crippen molar-refractivity contribution in [2.75, 3.05) is 6.54 Å². The second-order valence-corrected chi connectivity index (χ2v) is 11.1. The van der Waals surface area contributed by atoms with Crippen molar-refractivity contribution in [1.82, 2.24) is 9.47 Å². The third-order valence-corrected chi connectivity index (χ3v) is 8.10. The molecule has 5 aromatic carbocycles. The summed E-state index contributed by atoms with van der Waals surface area (Å²) in [6, 6.07) is 47.9. The van der Waals surface area contributed by atoms with E-state index in [1.165, 1.54) is 0 Å². The summed E-state index contributed by atoms with van der Waals surface area (Å²) in [5.41, 5.74) is 10.2. The molecule has 4 nitrogen and oxygen atoms in total. The third-order valence-electron chi connectivity index (χ3n) is 7.61. The van der Waals surface area contributed by atoms with Crippen molar-refractivity contribution >= 4 is 40.0 Å². The summed E-state index contributed by atoms with van der Waals surface area (Å²) in [6.07, 6.45) is 0. The van der Waals surface area contributed by atoms with Gasteiger partial charge in [-0.1, -0.05) is 132 Å². The Kier molecular flexibility index (Phi) is 9.63. The van der Waals surface area contributed by atoms with E-state index in [4.69, 9.17) is 28.9 Å². The summed E-state index contributed by atoms with van der Waals surface area (Å²) >= 11 is 11.8. The molecule has 0 aliphatic heterocycles. The maximum Gasteiger partial charge on any atom is 0.237 e. The molecule has 0 bridgehead atoms. The molecule has 0 aliphatic carbocycles. The minimum absolute atomic E-state index is 0.107. The highest BCUT2D eigenvalue weighted by molar-refractivity contribution is 6.31. The van der Waals surface area contributed by atoms with Crippen molar-refractivity contribution < 1.29 is 4.79 Å². The van der Waals surface area contributed by atoms with Gasteiger partial charge in [0.2, 0.25) is 5.91 Å². The molecule has 0 atom stereocenters. The Bertz CT molecular complexity index is 1680. The minimum atomic E-state index is -0.895. The maximum absolute atomic E-state index is 13.8. The van der Waals surface area contributed by atoms with Gasteiger partial charge in [-0.15, -0.1) is 0 Å². The number of carbonyl (C=O) groups is 1. The maximum atomic E-state index is 13.8. The predicted molar refractivity (Wildman–Crippen MR) is 178 cm³/mol. The number of aryl methyl sites for hydroxylation is 1. The number of amides is 1. The van der Waals surface area contributed by atoms with E-state index in [9.17, 15) is 4.79 Å². The molecule has 6 heteroatoms. The summed E-state index contributed by atoms with van der Waals surface area (Å²) in [6.45, 7) is 0.252. The van der Waals surface area contributed by atoms with Gasteiger partial charge in [-0.25, -0.2) is 0 Å². The van der Waals surface area contributed by atoms with E-state index in [0.717, 1.165) is 38.3 Å². The Morgan fingerprint density at radius 2 is 1.14 bits per heavy atom. The van der Waals surface area contributed by atoms with Gasteiger partial charge in [-0.3, -0.25) is 4.79 Å². The van der Waals surface area contributed by atoms with Gasteiger partial charge in [0.05, 0.1) is 13.1 Å². The lowest BCUT2D eigenvalue weighted by atomic mass is 9.75. The number of hydrogen-bond donors (Lipinski definition) is 1. The van der Waals surface area contributed by atoms with Gasteiger partial charge in [0.1, 0.15) is 5.54 Å². The zero-order valence-corrected chi connectivity index (χ0v) is 25.4. The van der Waals surface area contributed by atoms with Gasteiger partial charge in [0, 0.05) is 33.7 Å². The number of aromatic nitrogens is 1. The first-order chi connectivity index (χ1) is 20.9. The fourth-order valence-electron chi connectivity index (χ4n) is 5.62. The lowest BCUT2D eigenvalue weighted by Crippen LogP contribution is -2.52. The minimum Gasteiger partial charge on any atom is -0.346 e. The van der Waals surface area contributed by atoms with Crippen LogP contribution in [0.5, 0.6) is 0 Å². The lowest BCUT2D eigenvalue weighted by Gasteiger charge is -2.45. The number of fused-ring (bicyclic) bond motifs is 1. The first-order valence-corrected chi connectivity index (χ1v) is 14.8. The summed E-state index contributed by atoms with van der Waals surface area (Å²) in [5, 5.41) is 2.51. The quantitative estimate of drug-likeness (QED) is 0.186. The molecule has 1 heterocycles. The van der Waals surface area contributed by atoms with Crippen molar-refractivity contribution in [3.8, 4) is 0 Å². The van der Waals surface area contributed by atoms with Gasteiger partial charge in [0.25, 0.3) is 0 Å². The van der Waals surface area contributed by atoms with Gasteiger partial charge in [-0.2, -0.15) is 0 Å². The Balaban J connectivity index is 0.000000463. The first-order valence-electron chi connectivity index (χ1n) is 14.1. The largest absolute Gasteiger partial charge is 0.346 e.